The van der Waals surface area contributed by atoms with Crippen molar-refractivity contribution in [3.63, 3.8) is 0 Å². The molecule has 5 heteroatoms. The van der Waals surface area contributed by atoms with Gasteiger partial charge in [0, 0.05) is 24.5 Å². The monoisotopic (exact) mass is 244 g/mol. The Hall–Kier alpha value is -1.07. The van der Waals surface area contributed by atoms with Crippen LogP contribution in [0.5, 0.6) is 0 Å². The highest BCUT2D eigenvalue weighted by Crippen LogP contribution is 2.34. The third-order valence-corrected chi connectivity index (χ3v) is 3.27. The Morgan fingerprint density at radius 3 is 2.65 bits per heavy atom. The van der Waals surface area contributed by atoms with E-state index in [0.717, 1.165) is 6.07 Å². The molecule has 0 radical (unpaired) electrons. The Bertz CT molecular complexity index is 412. The molecule has 1 fully saturated rings. The normalized spacial score (nSPS) is 29.6. The molecule has 94 valence electrons. The molecule has 1 aromatic rings. The molecule has 0 saturated carbocycles. The summed E-state index contributed by atoms with van der Waals surface area (Å²) in [5.74, 6) is -0.0789. The zero-order valence-electron chi connectivity index (χ0n) is 9.51. The minimum absolute atomic E-state index is 0.0789. The van der Waals surface area contributed by atoms with Crippen molar-refractivity contribution < 1.29 is 13.2 Å². The predicted molar refractivity (Wildman–Crippen MR) is 59.6 cm³/mol. The lowest BCUT2D eigenvalue weighted by Crippen LogP contribution is -2.43. The van der Waals surface area contributed by atoms with Gasteiger partial charge in [-0.15, -0.1) is 0 Å². The average molecular weight is 244 g/mol. The third-order valence-electron chi connectivity index (χ3n) is 3.27. The largest absolute Gasteiger partial charge is 0.416 e. The highest BCUT2D eigenvalue weighted by Gasteiger charge is 2.37. The molecular formula is C12H15F3N2. The zero-order valence-corrected chi connectivity index (χ0v) is 9.51. The fourth-order valence-electron chi connectivity index (χ4n) is 2.27. The number of alkyl halides is 3. The lowest BCUT2D eigenvalue weighted by Gasteiger charge is -2.26. The molecule has 3 N–H and O–H groups in total. The first-order valence-electron chi connectivity index (χ1n) is 5.47. The first-order chi connectivity index (χ1) is 7.81. The smallest absolute Gasteiger partial charge is 0.324 e. The maximum Gasteiger partial charge on any atom is 0.416 e. The van der Waals surface area contributed by atoms with Crippen LogP contribution in [-0.4, -0.2) is 18.6 Å². The van der Waals surface area contributed by atoms with E-state index in [1.807, 2.05) is 6.92 Å². The minimum atomic E-state index is -4.30. The fraction of sp³-hybridized carbons (Fsp3) is 0.500. The van der Waals surface area contributed by atoms with Gasteiger partial charge in [-0.05, 0) is 18.6 Å². The van der Waals surface area contributed by atoms with Crippen molar-refractivity contribution in [1.82, 2.24) is 5.32 Å². The molecule has 1 aliphatic rings. The number of benzene rings is 1. The van der Waals surface area contributed by atoms with E-state index in [1.54, 1.807) is 6.07 Å². The van der Waals surface area contributed by atoms with Gasteiger partial charge in [0.15, 0.2) is 0 Å². The van der Waals surface area contributed by atoms with Crippen LogP contribution in [0.15, 0.2) is 24.3 Å². The van der Waals surface area contributed by atoms with Crippen LogP contribution in [0.25, 0.3) is 0 Å². The predicted octanol–water partition coefficient (Wildman–Crippen LogP) is 2.11. The standard InChI is InChI=1S/C12H15F3N2/c1-11(16)7-17-6-10(11)8-3-2-4-9(5-8)12(13,14)15/h2-5,10,17H,6-7,16H2,1H3. The Kier molecular flexibility index (Phi) is 2.91. The van der Waals surface area contributed by atoms with Crippen LogP contribution >= 0.6 is 0 Å². The van der Waals surface area contributed by atoms with E-state index in [0.29, 0.717) is 18.7 Å². The molecule has 0 spiro atoms. The topological polar surface area (TPSA) is 38.0 Å². The number of nitrogens with two attached hydrogens (primary N) is 1. The number of rotatable bonds is 1. The van der Waals surface area contributed by atoms with Gasteiger partial charge >= 0.3 is 6.18 Å². The fourth-order valence-corrected chi connectivity index (χ4v) is 2.27. The second kappa shape index (κ2) is 3.99. The van der Waals surface area contributed by atoms with E-state index in [4.69, 9.17) is 5.73 Å². The Balaban J connectivity index is 2.34. The van der Waals surface area contributed by atoms with Crippen LogP contribution in [-0.2, 0) is 6.18 Å². The van der Waals surface area contributed by atoms with Crippen LogP contribution in [0.4, 0.5) is 13.2 Å². The van der Waals surface area contributed by atoms with E-state index in [9.17, 15) is 13.2 Å². The SMILES string of the molecule is CC1(N)CNCC1c1cccc(C(F)(F)F)c1. The van der Waals surface area contributed by atoms with Gasteiger partial charge in [-0.2, -0.15) is 13.2 Å². The van der Waals surface area contributed by atoms with E-state index in [1.165, 1.54) is 12.1 Å². The van der Waals surface area contributed by atoms with Gasteiger partial charge in [0.05, 0.1) is 5.56 Å². The summed E-state index contributed by atoms with van der Waals surface area (Å²) in [4.78, 5) is 0. The highest BCUT2D eigenvalue weighted by molar-refractivity contribution is 5.32. The molecule has 1 heterocycles. The van der Waals surface area contributed by atoms with Crippen molar-refractivity contribution >= 4 is 0 Å². The van der Waals surface area contributed by atoms with Crippen LogP contribution in [0.3, 0.4) is 0 Å². The van der Waals surface area contributed by atoms with Gasteiger partial charge in [-0.3, -0.25) is 0 Å². The number of hydrogen-bond acceptors (Lipinski definition) is 2. The molecule has 0 aliphatic carbocycles. The van der Waals surface area contributed by atoms with Crippen LogP contribution in [0.2, 0.25) is 0 Å². The van der Waals surface area contributed by atoms with Gasteiger partial charge < -0.3 is 11.1 Å². The summed E-state index contributed by atoms with van der Waals surface area (Å²) in [6, 6.07) is 5.42. The van der Waals surface area contributed by atoms with E-state index < -0.39 is 17.3 Å². The summed E-state index contributed by atoms with van der Waals surface area (Å²) in [6.45, 7) is 3.10. The lowest BCUT2D eigenvalue weighted by atomic mass is 9.84. The molecule has 2 rings (SSSR count). The Labute approximate surface area is 98.0 Å². The highest BCUT2D eigenvalue weighted by atomic mass is 19.4. The van der Waals surface area contributed by atoms with Gasteiger partial charge in [0.1, 0.15) is 0 Å². The lowest BCUT2D eigenvalue weighted by molar-refractivity contribution is -0.137. The average Bonchev–Trinajstić information content (AvgIpc) is 2.57. The summed E-state index contributed by atoms with van der Waals surface area (Å²) in [5.41, 5.74) is 5.61. The summed E-state index contributed by atoms with van der Waals surface area (Å²) in [5, 5.41) is 3.11. The van der Waals surface area contributed by atoms with Crippen molar-refractivity contribution in [1.29, 1.82) is 0 Å². The summed E-state index contributed by atoms with van der Waals surface area (Å²) in [6.07, 6.45) is -4.30. The molecule has 0 amide bonds. The summed E-state index contributed by atoms with van der Waals surface area (Å²) in [7, 11) is 0. The Morgan fingerprint density at radius 2 is 2.12 bits per heavy atom. The molecule has 0 aromatic heterocycles. The minimum Gasteiger partial charge on any atom is -0.324 e. The maximum absolute atomic E-state index is 12.6. The van der Waals surface area contributed by atoms with E-state index in [-0.39, 0.29) is 5.92 Å². The summed E-state index contributed by atoms with van der Waals surface area (Å²) < 4.78 is 37.8. The van der Waals surface area contributed by atoms with Gasteiger partial charge in [0.25, 0.3) is 0 Å². The van der Waals surface area contributed by atoms with E-state index in [2.05, 4.69) is 5.32 Å². The number of halogens is 3. The molecule has 2 atom stereocenters. The maximum atomic E-state index is 12.6. The van der Waals surface area contributed by atoms with Gasteiger partial charge in [-0.1, -0.05) is 18.2 Å². The molecule has 1 aromatic carbocycles. The number of hydrogen-bond donors (Lipinski definition) is 2. The first kappa shape index (κ1) is 12.4. The molecule has 17 heavy (non-hydrogen) atoms. The second-order valence-corrected chi connectivity index (χ2v) is 4.81. The molecule has 1 aliphatic heterocycles. The van der Waals surface area contributed by atoms with Gasteiger partial charge in [0.2, 0.25) is 0 Å². The molecule has 2 unspecified atom stereocenters. The van der Waals surface area contributed by atoms with Crippen molar-refractivity contribution in [2.75, 3.05) is 13.1 Å². The molecule has 0 bridgehead atoms. The van der Waals surface area contributed by atoms with Crippen molar-refractivity contribution in [3.05, 3.63) is 35.4 Å². The van der Waals surface area contributed by atoms with Crippen molar-refractivity contribution in [2.45, 2.75) is 24.6 Å². The quantitative estimate of drug-likeness (QED) is 0.794. The van der Waals surface area contributed by atoms with Gasteiger partial charge in [-0.25, -0.2) is 0 Å². The van der Waals surface area contributed by atoms with Crippen molar-refractivity contribution in [3.8, 4) is 0 Å². The first-order valence-corrected chi connectivity index (χ1v) is 5.47. The number of nitrogens with one attached hydrogen (secondary N) is 1. The molecule has 1 saturated heterocycles. The van der Waals surface area contributed by atoms with Crippen LogP contribution in [0.1, 0.15) is 24.0 Å². The molecular weight excluding hydrogens is 229 g/mol. The van der Waals surface area contributed by atoms with E-state index >= 15 is 0 Å². The summed E-state index contributed by atoms with van der Waals surface area (Å²) >= 11 is 0. The van der Waals surface area contributed by atoms with Crippen LogP contribution < -0.4 is 11.1 Å². The third kappa shape index (κ3) is 2.45. The Morgan fingerprint density at radius 1 is 1.41 bits per heavy atom. The van der Waals surface area contributed by atoms with Crippen LogP contribution in [0, 0.1) is 0 Å². The zero-order chi connectivity index (χ0) is 12.7. The second-order valence-electron chi connectivity index (χ2n) is 4.81. The van der Waals surface area contributed by atoms with Crippen molar-refractivity contribution in [2.24, 2.45) is 5.73 Å². The molecule has 2 nitrogen and oxygen atoms in total.